The first-order valence-corrected chi connectivity index (χ1v) is 65.4. The molecule has 0 N–H and O–H groups in total. The second-order valence-electron chi connectivity index (χ2n) is 41.3. The molecule has 0 aliphatic carbocycles. The Morgan fingerprint density at radius 2 is 0.624 bits per heavy atom. The number of aryl methyl sites for hydroxylation is 4. The molecule has 6 atom stereocenters. The van der Waals surface area contributed by atoms with Crippen molar-refractivity contribution in [2.45, 2.75) is 393 Å². The van der Waals surface area contributed by atoms with E-state index in [0.29, 0.717) is 47.9 Å². The first kappa shape index (κ1) is 108. The number of unbranched alkanes of at least 4 members (excludes halogenated alkanes) is 18. The van der Waals surface area contributed by atoms with Gasteiger partial charge in [0.15, 0.2) is 10.0 Å². The van der Waals surface area contributed by atoms with Crippen LogP contribution in [0.2, 0.25) is 0 Å². The van der Waals surface area contributed by atoms with Crippen molar-refractivity contribution in [1.82, 2.24) is 19.8 Å². The Morgan fingerprint density at radius 1 is 0.284 bits per heavy atom. The zero-order valence-electron chi connectivity index (χ0n) is 88.0. The smallest absolute Gasteiger partial charge is 0.261 e. The molecule has 2 aliphatic heterocycles. The molecule has 0 fully saturated rings. The fourth-order valence-electron chi connectivity index (χ4n) is 22.1. The summed E-state index contributed by atoms with van der Waals surface area (Å²) in [5.74, 6) is 3.00. The third kappa shape index (κ3) is 25.0. The summed E-state index contributed by atoms with van der Waals surface area (Å²) in [6, 6.07) is 39.3. The molecule has 14 aromatic rings. The zero-order chi connectivity index (χ0) is 98.7. The van der Waals surface area contributed by atoms with Gasteiger partial charge in [-0.25, -0.2) is 9.97 Å². The fraction of sp³-hybridized carbons (Fsp3) is 0.545. The van der Waals surface area contributed by atoms with Crippen LogP contribution in [0.4, 0.5) is 0 Å². The van der Waals surface area contributed by atoms with Crippen LogP contribution in [0.3, 0.4) is 0 Å². The second kappa shape index (κ2) is 52.4. The summed E-state index contributed by atoms with van der Waals surface area (Å²) in [6.07, 6.45) is 51.2. The molecule has 16 rings (SSSR count). The maximum Gasteiger partial charge on any atom is 0.261 e. The number of fused-ring (bicyclic) bond motifs is 5. The predicted molar refractivity (Wildman–Crippen MR) is 637 cm³/mol. The van der Waals surface area contributed by atoms with Gasteiger partial charge in [0, 0.05) is 149 Å². The first-order chi connectivity index (χ1) is 68.9. The van der Waals surface area contributed by atoms with E-state index in [4.69, 9.17) is 9.97 Å². The average Bonchev–Trinajstić information content (AvgIpc) is 1.56. The van der Waals surface area contributed by atoms with E-state index in [1.807, 2.05) is 113 Å². The molecule has 0 saturated carbocycles. The summed E-state index contributed by atoms with van der Waals surface area (Å²) in [5, 5.41) is 7.53. The molecule has 0 saturated heterocycles. The van der Waals surface area contributed by atoms with E-state index in [0.717, 1.165) is 127 Å². The molecule has 756 valence electrons. The number of thiophene rings is 10. The molecule has 141 heavy (non-hydrogen) atoms. The molecule has 0 spiro atoms. The highest BCUT2D eigenvalue weighted by molar-refractivity contribution is 7.31. The number of hydrogen-bond donors (Lipinski definition) is 0. The first-order valence-electron chi connectivity index (χ1n) is 55.6. The quantitative estimate of drug-likeness (QED) is 0.0356. The second-order valence-corrected chi connectivity index (χ2v) is 54.7. The van der Waals surface area contributed by atoms with Gasteiger partial charge in [-0.05, 0) is 217 Å². The number of nitrogens with zero attached hydrogens (tertiary/aromatic N) is 4. The minimum Gasteiger partial charge on any atom is -0.306 e. The van der Waals surface area contributed by atoms with Gasteiger partial charge in [-0.2, -0.15) is 0 Å². The van der Waals surface area contributed by atoms with Crippen molar-refractivity contribution < 1.29 is 9.59 Å². The molecule has 6 unspecified atom stereocenters. The molecular formula is C123H160N4O2S12. The lowest BCUT2D eigenvalue weighted by Crippen LogP contribution is -2.34. The summed E-state index contributed by atoms with van der Waals surface area (Å²) >= 11 is 23.4. The van der Waals surface area contributed by atoms with Crippen molar-refractivity contribution in [1.29, 1.82) is 0 Å². The van der Waals surface area contributed by atoms with Gasteiger partial charge in [-0.3, -0.25) is 9.59 Å². The van der Waals surface area contributed by atoms with Crippen LogP contribution in [-0.2, 0) is 41.7 Å². The monoisotopic (exact) mass is 2110 g/mol. The van der Waals surface area contributed by atoms with Crippen LogP contribution in [0.15, 0.2) is 108 Å². The third-order valence-electron chi connectivity index (χ3n) is 30.9. The number of carbonyl (C=O) groups is 2. The Hall–Kier alpha value is -5.84. The van der Waals surface area contributed by atoms with Gasteiger partial charge in [0.25, 0.3) is 11.8 Å². The molecule has 6 nitrogen and oxygen atoms in total. The van der Waals surface area contributed by atoms with Gasteiger partial charge in [0.1, 0.15) is 0 Å². The minimum absolute atomic E-state index is 0.0199. The lowest BCUT2D eigenvalue weighted by atomic mass is 9.95. The Balaban J connectivity index is 0.859. The lowest BCUT2D eigenvalue weighted by Gasteiger charge is -2.29. The third-order valence-corrected chi connectivity index (χ3v) is 45.1. The van der Waals surface area contributed by atoms with E-state index in [1.54, 1.807) is 22.7 Å². The molecule has 0 bridgehead atoms. The number of benzene rings is 2. The van der Waals surface area contributed by atoms with Crippen LogP contribution >= 0.6 is 136 Å². The summed E-state index contributed by atoms with van der Waals surface area (Å²) in [4.78, 5) is 72.9. The standard InChI is InChI=1S/C123H160N4O2S12/c1-17-31-39-41-43-45-47-55-93-79(16)131-120(124-93)121-125-94(56-48-46-44-42-40-32-18-2)119(141-121)106-75-92-109(100-62-59-88(134-100)72-82(27-11)51-35-21-5)117-91(110(118(92)140-106)101-66-63-95(135-101)85(30-14)54-38-24-8)74-105(139-117)97-65-68-103(137-97)114-112-111(122(128)127(114)77-84(29-13)53-37-23-7)113(126(123(112)129)76-83(28-12)52-36-22-6)102-67-64-96(136-102)104-73-90-108(99-61-58-87(133-99)71-81(26-10)50-34-20-4)115-89(69-78(15)130-115)107(116(90)138-104)98-60-57-86(132-98)70-80(25-9)49-33-19-3/h57-69,73-75,80-85H,17-56,70-72,76-77H2,1-16H3. The molecule has 2 aliphatic rings. The SMILES string of the molecule is CCCCCCCCCc1nc(-c2nc(CCCCCCCCC)c(-c3cc4c(-c5ccc(CC(CC)CCCC)s5)c5sc(-c6ccc(C7=C8C(=O)N(CC(CC)CCCC)C(c9ccc(-c%10cc%11c(-c%12ccc(CC(CC)CCCC)s%12)c%12sc(C)cc%12c(-c%12ccc(CC(CC)CCCC)s%12)c%11s%10)s9)=C8C(=O)N7CC(CC)CCCC)s6)cc5c(-c5ccc(C(CC)CCCC)s5)c4s3)s2)sc1C. The van der Waals surface area contributed by atoms with E-state index < -0.39 is 0 Å². The van der Waals surface area contributed by atoms with E-state index in [2.05, 4.69) is 218 Å². The average molecular weight is 2110 g/mol. The number of aromatic nitrogens is 2. The van der Waals surface area contributed by atoms with Crippen molar-refractivity contribution in [3.8, 4) is 81.0 Å². The van der Waals surface area contributed by atoms with Crippen LogP contribution in [-0.4, -0.2) is 44.7 Å². The number of rotatable bonds is 61. The summed E-state index contributed by atoms with van der Waals surface area (Å²) in [6.45, 7) is 38.5. The highest BCUT2D eigenvalue weighted by Gasteiger charge is 2.51. The van der Waals surface area contributed by atoms with Gasteiger partial charge < -0.3 is 9.80 Å². The molecule has 0 radical (unpaired) electrons. The van der Waals surface area contributed by atoms with Crippen LogP contribution in [0.25, 0.3) is 133 Å². The summed E-state index contributed by atoms with van der Waals surface area (Å²) in [5.41, 5.74) is 10.8. The van der Waals surface area contributed by atoms with Crippen molar-refractivity contribution in [2.24, 2.45) is 29.6 Å². The highest BCUT2D eigenvalue weighted by atomic mass is 32.1. The van der Waals surface area contributed by atoms with Crippen LogP contribution in [0.5, 0.6) is 0 Å². The number of amides is 2. The van der Waals surface area contributed by atoms with Crippen LogP contribution in [0, 0.1) is 43.4 Å². The molecule has 18 heteroatoms. The number of carbonyl (C=O) groups excluding carboxylic acids is 2. The van der Waals surface area contributed by atoms with Gasteiger partial charge in [0.2, 0.25) is 0 Å². The maximum atomic E-state index is 16.9. The number of hydrogen-bond acceptors (Lipinski definition) is 16. The van der Waals surface area contributed by atoms with Gasteiger partial charge in [0.05, 0.1) is 48.6 Å². The normalized spacial score (nSPS) is 14.6. The molecule has 2 amide bonds. The van der Waals surface area contributed by atoms with E-state index in [9.17, 15) is 0 Å². The highest BCUT2D eigenvalue weighted by Crippen LogP contribution is 2.60. The van der Waals surface area contributed by atoms with Gasteiger partial charge in [-0.15, -0.1) is 136 Å². The predicted octanol–water partition coefficient (Wildman–Crippen LogP) is 43.6. The van der Waals surface area contributed by atoms with E-state index >= 15 is 9.59 Å². The van der Waals surface area contributed by atoms with Gasteiger partial charge >= 0.3 is 0 Å². The van der Waals surface area contributed by atoms with Gasteiger partial charge in [-0.1, -0.05) is 302 Å². The van der Waals surface area contributed by atoms with E-state index in [1.165, 1.54) is 332 Å². The Bertz CT molecular complexity index is 6390. The molecule has 14 heterocycles. The van der Waals surface area contributed by atoms with Crippen LogP contribution < -0.4 is 0 Å². The maximum absolute atomic E-state index is 16.9. The van der Waals surface area contributed by atoms with Crippen molar-refractivity contribution in [3.63, 3.8) is 0 Å². The molecule has 2 aromatic carbocycles. The van der Waals surface area contributed by atoms with Crippen molar-refractivity contribution in [3.05, 3.63) is 159 Å². The van der Waals surface area contributed by atoms with Crippen LogP contribution in [0.1, 0.15) is 397 Å². The Labute approximate surface area is 895 Å². The fourth-order valence-corrected chi connectivity index (χ4v) is 36.5. The lowest BCUT2D eigenvalue weighted by molar-refractivity contribution is -0.124. The molecule has 12 aromatic heterocycles. The topological polar surface area (TPSA) is 66.4 Å². The Kier molecular flexibility index (Phi) is 40.1. The van der Waals surface area contributed by atoms with Crippen molar-refractivity contribution in [2.75, 3.05) is 13.1 Å². The zero-order valence-corrected chi connectivity index (χ0v) is 97.8. The number of thiazole rings is 2. The Morgan fingerprint density at radius 3 is 1.05 bits per heavy atom. The largest absolute Gasteiger partial charge is 0.306 e. The van der Waals surface area contributed by atoms with E-state index in [-0.39, 0.29) is 23.7 Å². The summed E-state index contributed by atoms with van der Waals surface area (Å²) < 4.78 is 5.44. The van der Waals surface area contributed by atoms with Crippen molar-refractivity contribution >= 4 is 200 Å². The minimum atomic E-state index is -0.0199. The molecular weight excluding hydrogens is 1950 g/mol. The summed E-state index contributed by atoms with van der Waals surface area (Å²) in [7, 11) is 0.